The van der Waals surface area contributed by atoms with Crippen molar-refractivity contribution in [2.45, 2.75) is 13.2 Å². The van der Waals surface area contributed by atoms with Crippen LogP contribution in [0.5, 0.6) is 11.5 Å². The van der Waals surface area contributed by atoms with Gasteiger partial charge in [-0.05, 0) is 29.7 Å². The second-order valence-corrected chi connectivity index (χ2v) is 6.14. The summed E-state index contributed by atoms with van der Waals surface area (Å²) in [6.07, 6.45) is 0. The van der Waals surface area contributed by atoms with Crippen LogP contribution in [0, 0.1) is 0 Å². The summed E-state index contributed by atoms with van der Waals surface area (Å²) in [7, 11) is 1.37. The van der Waals surface area contributed by atoms with E-state index in [0.717, 1.165) is 16.5 Å². The number of hydrogen-bond acceptors (Lipinski definition) is 6. The fourth-order valence-corrected chi connectivity index (χ4v) is 2.99. The zero-order valence-corrected chi connectivity index (χ0v) is 15.4. The smallest absolute Gasteiger partial charge is 0.387 e. The third-order valence-electron chi connectivity index (χ3n) is 4.33. The minimum Gasteiger partial charge on any atom is -0.493 e. The molecule has 29 heavy (non-hydrogen) atoms. The molecule has 0 aliphatic rings. The van der Waals surface area contributed by atoms with E-state index in [1.807, 2.05) is 42.5 Å². The highest BCUT2D eigenvalue weighted by molar-refractivity contribution is 5.93. The summed E-state index contributed by atoms with van der Waals surface area (Å²) in [5.74, 6) is 0.803. The number of nitrogens with zero attached hydrogens (tertiary/aromatic N) is 2. The summed E-state index contributed by atoms with van der Waals surface area (Å²) in [6.45, 7) is -2.60. The Balaban J connectivity index is 1.51. The average Bonchev–Trinajstić information content (AvgIpc) is 3.21. The molecule has 0 aliphatic heterocycles. The molecule has 4 rings (SSSR count). The third-order valence-corrected chi connectivity index (χ3v) is 4.33. The molecule has 0 spiro atoms. The van der Waals surface area contributed by atoms with Crippen LogP contribution in [0.25, 0.3) is 22.2 Å². The summed E-state index contributed by atoms with van der Waals surface area (Å²) in [6, 6.07) is 18.5. The molecule has 1 heterocycles. The first-order chi connectivity index (χ1) is 14.1. The Morgan fingerprint density at radius 2 is 1.86 bits per heavy atom. The number of benzene rings is 3. The van der Waals surface area contributed by atoms with Gasteiger partial charge in [0.2, 0.25) is 11.7 Å². The molecular weight excluding hydrogens is 380 g/mol. The van der Waals surface area contributed by atoms with Crippen molar-refractivity contribution < 1.29 is 22.8 Å². The van der Waals surface area contributed by atoms with Crippen molar-refractivity contribution in [1.82, 2.24) is 10.1 Å². The van der Waals surface area contributed by atoms with Gasteiger partial charge < -0.3 is 19.3 Å². The molecule has 0 aliphatic carbocycles. The number of halogens is 2. The van der Waals surface area contributed by atoms with Crippen LogP contribution >= 0.6 is 0 Å². The van der Waals surface area contributed by atoms with Crippen LogP contribution in [-0.4, -0.2) is 23.9 Å². The molecule has 6 nitrogen and oxygen atoms in total. The van der Waals surface area contributed by atoms with Gasteiger partial charge in [0.25, 0.3) is 0 Å². The topological polar surface area (TPSA) is 69.4 Å². The van der Waals surface area contributed by atoms with E-state index in [0.29, 0.717) is 23.8 Å². The number of hydrogen-bond donors (Lipinski definition) is 1. The van der Waals surface area contributed by atoms with Gasteiger partial charge in [-0.25, -0.2) is 0 Å². The number of methoxy groups -OCH3 is 1. The number of fused-ring (bicyclic) bond motifs is 1. The maximum absolute atomic E-state index is 12.5. The van der Waals surface area contributed by atoms with E-state index in [4.69, 9.17) is 9.26 Å². The molecule has 0 fully saturated rings. The molecular formula is C21H17F2N3O3. The summed E-state index contributed by atoms with van der Waals surface area (Å²) >= 11 is 0. The lowest BCUT2D eigenvalue weighted by atomic mass is 10.1. The maximum atomic E-state index is 12.5. The average molecular weight is 397 g/mol. The molecule has 0 saturated carbocycles. The van der Waals surface area contributed by atoms with Crippen molar-refractivity contribution in [3.05, 3.63) is 66.6 Å². The van der Waals surface area contributed by atoms with Gasteiger partial charge in [0.15, 0.2) is 11.5 Å². The van der Waals surface area contributed by atoms with Gasteiger partial charge in [-0.1, -0.05) is 41.6 Å². The van der Waals surface area contributed by atoms with E-state index in [9.17, 15) is 8.78 Å². The Labute approximate surface area is 165 Å². The Morgan fingerprint density at radius 1 is 1.03 bits per heavy atom. The third kappa shape index (κ3) is 4.11. The Morgan fingerprint density at radius 3 is 2.69 bits per heavy atom. The fraction of sp³-hybridized carbons (Fsp3) is 0.143. The van der Waals surface area contributed by atoms with Gasteiger partial charge >= 0.3 is 6.61 Å². The number of rotatable bonds is 7. The standard InChI is InChI=1S/C21H17F2N3O3/c1-27-18-11-14(9-10-17(18)28-21(22)23)20-25-19(29-26-20)12-24-16-8-4-6-13-5-2-3-7-15(13)16/h2-11,21,24H,12H2,1H3. The first-order valence-electron chi connectivity index (χ1n) is 8.81. The summed E-state index contributed by atoms with van der Waals surface area (Å²) in [5, 5.41) is 9.47. The Bertz CT molecular complexity index is 1130. The quantitative estimate of drug-likeness (QED) is 0.467. The lowest BCUT2D eigenvalue weighted by molar-refractivity contribution is -0.0512. The summed E-state index contributed by atoms with van der Waals surface area (Å²) in [4.78, 5) is 4.36. The highest BCUT2D eigenvalue weighted by atomic mass is 19.3. The Hall–Kier alpha value is -3.68. The first-order valence-corrected chi connectivity index (χ1v) is 8.81. The summed E-state index contributed by atoms with van der Waals surface area (Å²) in [5.41, 5.74) is 1.52. The van der Waals surface area contributed by atoms with E-state index in [2.05, 4.69) is 20.2 Å². The van der Waals surface area contributed by atoms with Crippen LogP contribution in [-0.2, 0) is 6.54 Å². The van der Waals surface area contributed by atoms with Crippen LogP contribution in [0.1, 0.15) is 5.89 Å². The van der Waals surface area contributed by atoms with Gasteiger partial charge in [-0.15, -0.1) is 0 Å². The second kappa shape index (κ2) is 8.14. The van der Waals surface area contributed by atoms with Crippen molar-refractivity contribution >= 4 is 16.5 Å². The molecule has 0 amide bonds. The molecule has 1 aromatic heterocycles. The van der Waals surface area contributed by atoms with Crippen LogP contribution < -0.4 is 14.8 Å². The maximum Gasteiger partial charge on any atom is 0.387 e. The molecule has 3 aromatic carbocycles. The highest BCUT2D eigenvalue weighted by Gasteiger charge is 2.15. The number of alkyl halides is 2. The predicted molar refractivity (Wildman–Crippen MR) is 104 cm³/mol. The number of ether oxygens (including phenoxy) is 2. The Kier molecular flexibility index (Phi) is 5.24. The minimum absolute atomic E-state index is 0.0624. The second-order valence-electron chi connectivity index (χ2n) is 6.14. The van der Waals surface area contributed by atoms with E-state index < -0.39 is 6.61 Å². The normalized spacial score (nSPS) is 11.0. The zero-order chi connectivity index (χ0) is 20.2. The van der Waals surface area contributed by atoms with Gasteiger partial charge in [-0.2, -0.15) is 13.8 Å². The van der Waals surface area contributed by atoms with Crippen LogP contribution in [0.2, 0.25) is 0 Å². The first kappa shape index (κ1) is 18.7. The van der Waals surface area contributed by atoms with E-state index in [-0.39, 0.29) is 11.5 Å². The molecule has 148 valence electrons. The monoisotopic (exact) mass is 397 g/mol. The molecule has 0 atom stereocenters. The molecule has 4 aromatic rings. The predicted octanol–water partition coefficient (Wildman–Crippen LogP) is 5.11. The van der Waals surface area contributed by atoms with E-state index in [1.54, 1.807) is 6.07 Å². The molecule has 0 saturated heterocycles. The largest absolute Gasteiger partial charge is 0.493 e. The number of anilines is 1. The van der Waals surface area contributed by atoms with Crippen LogP contribution in [0.3, 0.4) is 0 Å². The van der Waals surface area contributed by atoms with Crippen molar-refractivity contribution in [3.8, 4) is 22.9 Å². The lowest BCUT2D eigenvalue weighted by Crippen LogP contribution is -2.03. The number of aromatic nitrogens is 2. The molecule has 0 radical (unpaired) electrons. The minimum atomic E-state index is -2.94. The molecule has 0 unspecified atom stereocenters. The van der Waals surface area contributed by atoms with E-state index in [1.165, 1.54) is 19.2 Å². The van der Waals surface area contributed by atoms with Crippen LogP contribution in [0.4, 0.5) is 14.5 Å². The number of nitrogens with one attached hydrogen (secondary N) is 1. The van der Waals surface area contributed by atoms with Crippen molar-refractivity contribution in [1.29, 1.82) is 0 Å². The SMILES string of the molecule is COc1cc(-c2noc(CNc3cccc4ccccc34)n2)ccc1OC(F)F. The van der Waals surface area contributed by atoms with Crippen molar-refractivity contribution in [3.63, 3.8) is 0 Å². The molecule has 8 heteroatoms. The van der Waals surface area contributed by atoms with Gasteiger partial charge in [0.05, 0.1) is 13.7 Å². The van der Waals surface area contributed by atoms with E-state index >= 15 is 0 Å². The van der Waals surface area contributed by atoms with Gasteiger partial charge in [-0.3, -0.25) is 0 Å². The fourth-order valence-electron chi connectivity index (χ4n) is 2.99. The molecule has 1 N–H and O–H groups in total. The van der Waals surface area contributed by atoms with Gasteiger partial charge in [0, 0.05) is 16.6 Å². The zero-order valence-electron chi connectivity index (χ0n) is 15.4. The van der Waals surface area contributed by atoms with Crippen molar-refractivity contribution in [2.24, 2.45) is 0 Å². The lowest BCUT2D eigenvalue weighted by Gasteiger charge is -2.10. The molecule has 0 bridgehead atoms. The summed E-state index contributed by atoms with van der Waals surface area (Å²) < 4.78 is 39.8. The van der Waals surface area contributed by atoms with Crippen molar-refractivity contribution in [2.75, 3.05) is 12.4 Å². The van der Waals surface area contributed by atoms with Crippen LogP contribution in [0.15, 0.2) is 65.2 Å². The van der Waals surface area contributed by atoms with Gasteiger partial charge in [0.1, 0.15) is 0 Å². The highest BCUT2D eigenvalue weighted by Crippen LogP contribution is 2.32.